The first-order chi connectivity index (χ1) is 8.77. The molecule has 0 amide bonds. The molecule has 0 aromatic heterocycles. The molecule has 2 rings (SSSR count). The molecule has 1 aliphatic rings. The van der Waals surface area contributed by atoms with Crippen molar-refractivity contribution in [1.29, 1.82) is 0 Å². The molecule has 1 N–H and O–H groups in total. The van der Waals surface area contributed by atoms with Crippen LogP contribution in [0.5, 0.6) is 0 Å². The summed E-state index contributed by atoms with van der Waals surface area (Å²) < 4.78 is 0. The topological polar surface area (TPSA) is 12.0 Å². The smallest absolute Gasteiger partial charge is 0.00778 e. The Morgan fingerprint density at radius 3 is 2.61 bits per heavy atom. The van der Waals surface area contributed by atoms with Crippen molar-refractivity contribution in [3.05, 3.63) is 35.4 Å². The fourth-order valence-electron chi connectivity index (χ4n) is 3.28. The highest BCUT2D eigenvalue weighted by atomic mass is 14.9. The first kappa shape index (κ1) is 13.6. The molecule has 18 heavy (non-hydrogen) atoms. The van der Waals surface area contributed by atoms with Crippen LogP contribution in [0.3, 0.4) is 0 Å². The molecule has 1 heteroatoms. The van der Waals surface area contributed by atoms with Gasteiger partial charge in [-0.3, -0.25) is 0 Å². The van der Waals surface area contributed by atoms with Gasteiger partial charge in [0.25, 0.3) is 0 Å². The summed E-state index contributed by atoms with van der Waals surface area (Å²) in [5.74, 6) is 0. The van der Waals surface area contributed by atoms with E-state index in [4.69, 9.17) is 0 Å². The van der Waals surface area contributed by atoms with Crippen molar-refractivity contribution >= 4 is 0 Å². The summed E-state index contributed by atoms with van der Waals surface area (Å²) in [5, 5.41) is 3.66. The van der Waals surface area contributed by atoms with Crippen LogP contribution in [0.25, 0.3) is 0 Å². The highest BCUT2D eigenvalue weighted by Crippen LogP contribution is 2.39. The Labute approximate surface area is 112 Å². The van der Waals surface area contributed by atoms with Crippen LogP contribution in [0.1, 0.15) is 56.6 Å². The van der Waals surface area contributed by atoms with Crippen LogP contribution in [-0.2, 0) is 5.41 Å². The highest BCUT2D eigenvalue weighted by molar-refractivity contribution is 5.30. The second-order valence-corrected chi connectivity index (χ2v) is 5.89. The van der Waals surface area contributed by atoms with Gasteiger partial charge >= 0.3 is 0 Å². The summed E-state index contributed by atoms with van der Waals surface area (Å²) in [6.45, 7) is 6.75. The van der Waals surface area contributed by atoms with Crippen LogP contribution in [0.2, 0.25) is 0 Å². The molecule has 100 valence electrons. The molecule has 1 aromatic rings. The maximum atomic E-state index is 3.66. The Balaban J connectivity index is 2.17. The monoisotopic (exact) mass is 245 g/mol. The van der Waals surface area contributed by atoms with E-state index in [1.807, 2.05) is 0 Å². The number of benzene rings is 1. The lowest BCUT2D eigenvalue weighted by molar-refractivity contribution is 0.280. The van der Waals surface area contributed by atoms with Gasteiger partial charge in [-0.05, 0) is 38.3 Å². The van der Waals surface area contributed by atoms with E-state index < -0.39 is 0 Å². The number of nitrogens with one attached hydrogen (secondary N) is 1. The number of aryl methyl sites for hydroxylation is 1. The van der Waals surface area contributed by atoms with E-state index in [2.05, 4.69) is 43.4 Å². The summed E-state index contributed by atoms with van der Waals surface area (Å²) in [7, 11) is 0. The molecular weight excluding hydrogens is 218 g/mol. The Hall–Kier alpha value is -0.820. The zero-order chi connectivity index (χ0) is 12.8. The number of hydrogen-bond acceptors (Lipinski definition) is 1. The van der Waals surface area contributed by atoms with Gasteiger partial charge in [-0.25, -0.2) is 0 Å². The number of hydrogen-bond donors (Lipinski definition) is 1. The lowest BCUT2D eigenvalue weighted by atomic mass is 9.69. The third-order valence-electron chi connectivity index (χ3n) is 4.33. The molecule has 1 saturated carbocycles. The molecule has 0 saturated heterocycles. The van der Waals surface area contributed by atoms with Crippen LogP contribution >= 0.6 is 0 Å². The van der Waals surface area contributed by atoms with Crippen LogP contribution in [0, 0.1) is 6.92 Å². The van der Waals surface area contributed by atoms with Crippen molar-refractivity contribution in [2.45, 2.75) is 57.8 Å². The average molecular weight is 245 g/mol. The first-order valence-corrected chi connectivity index (χ1v) is 7.55. The predicted molar refractivity (Wildman–Crippen MR) is 79.1 cm³/mol. The van der Waals surface area contributed by atoms with E-state index in [1.54, 1.807) is 5.56 Å². The minimum Gasteiger partial charge on any atom is -0.316 e. The maximum absolute atomic E-state index is 3.66. The van der Waals surface area contributed by atoms with Crippen LogP contribution in [-0.4, -0.2) is 13.1 Å². The molecule has 0 heterocycles. The van der Waals surface area contributed by atoms with Crippen molar-refractivity contribution in [2.24, 2.45) is 0 Å². The van der Waals surface area contributed by atoms with E-state index in [1.165, 1.54) is 44.1 Å². The van der Waals surface area contributed by atoms with Crippen molar-refractivity contribution in [2.75, 3.05) is 13.1 Å². The Morgan fingerprint density at radius 2 is 1.94 bits per heavy atom. The summed E-state index contributed by atoms with van der Waals surface area (Å²) in [4.78, 5) is 0. The molecule has 1 aromatic carbocycles. The quantitative estimate of drug-likeness (QED) is 0.767. The van der Waals surface area contributed by atoms with Crippen molar-refractivity contribution in [3.63, 3.8) is 0 Å². The lowest BCUT2D eigenvalue weighted by Gasteiger charge is -2.38. The number of rotatable bonds is 5. The molecule has 1 nitrogen and oxygen atoms in total. The fraction of sp³-hybridized carbons (Fsp3) is 0.647. The minimum atomic E-state index is 0.402. The summed E-state index contributed by atoms with van der Waals surface area (Å²) >= 11 is 0. The van der Waals surface area contributed by atoms with Crippen molar-refractivity contribution in [1.82, 2.24) is 5.32 Å². The predicted octanol–water partition coefficient (Wildman–Crippen LogP) is 4.20. The second-order valence-electron chi connectivity index (χ2n) is 5.89. The van der Waals surface area contributed by atoms with Gasteiger partial charge < -0.3 is 5.32 Å². The molecule has 0 radical (unpaired) electrons. The average Bonchev–Trinajstić information content (AvgIpc) is 2.40. The minimum absolute atomic E-state index is 0.402. The van der Waals surface area contributed by atoms with Crippen LogP contribution in [0.15, 0.2) is 24.3 Å². The van der Waals surface area contributed by atoms with Crippen molar-refractivity contribution in [3.8, 4) is 0 Å². The molecule has 0 atom stereocenters. The van der Waals surface area contributed by atoms with Gasteiger partial charge in [0, 0.05) is 12.0 Å². The molecule has 0 spiro atoms. The third kappa shape index (κ3) is 3.14. The van der Waals surface area contributed by atoms with Crippen LogP contribution < -0.4 is 5.32 Å². The molecule has 0 bridgehead atoms. The molecular formula is C17H27N. The first-order valence-electron chi connectivity index (χ1n) is 7.55. The van der Waals surface area contributed by atoms with E-state index in [-0.39, 0.29) is 0 Å². The zero-order valence-electron chi connectivity index (χ0n) is 12.0. The largest absolute Gasteiger partial charge is 0.316 e. The zero-order valence-corrected chi connectivity index (χ0v) is 12.0. The maximum Gasteiger partial charge on any atom is 0.00778 e. The second kappa shape index (κ2) is 6.38. The molecule has 1 fully saturated rings. The van der Waals surface area contributed by atoms with E-state index >= 15 is 0 Å². The Morgan fingerprint density at radius 1 is 1.17 bits per heavy atom. The third-order valence-corrected chi connectivity index (χ3v) is 4.33. The van der Waals surface area contributed by atoms with Gasteiger partial charge in [-0.2, -0.15) is 0 Å². The molecule has 0 aliphatic heterocycles. The van der Waals surface area contributed by atoms with Gasteiger partial charge in [0.05, 0.1) is 0 Å². The highest BCUT2D eigenvalue weighted by Gasteiger charge is 2.33. The van der Waals surface area contributed by atoms with E-state index in [9.17, 15) is 0 Å². The van der Waals surface area contributed by atoms with Crippen molar-refractivity contribution < 1.29 is 0 Å². The van der Waals surface area contributed by atoms with Gasteiger partial charge in [0.15, 0.2) is 0 Å². The van der Waals surface area contributed by atoms with Gasteiger partial charge in [0.1, 0.15) is 0 Å². The Kier molecular flexibility index (Phi) is 4.82. The fourth-order valence-corrected chi connectivity index (χ4v) is 3.28. The SMILES string of the molecule is CCCNCC1(c2cccc(C)c2)CCCCC1. The Bertz CT molecular complexity index is 364. The summed E-state index contributed by atoms with van der Waals surface area (Å²) in [6, 6.07) is 9.17. The van der Waals surface area contributed by atoms with Gasteiger partial charge in [-0.1, -0.05) is 56.0 Å². The standard InChI is InChI=1S/C17H27N/c1-3-12-18-14-17(10-5-4-6-11-17)16-9-7-8-15(2)13-16/h7-9,13,18H,3-6,10-12,14H2,1-2H3. The molecule has 0 unspecified atom stereocenters. The van der Waals surface area contributed by atoms with Crippen LogP contribution in [0.4, 0.5) is 0 Å². The summed E-state index contributed by atoms with van der Waals surface area (Å²) in [5.41, 5.74) is 3.36. The van der Waals surface area contributed by atoms with E-state index in [0.717, 1.165) is 13.1 Å². The van der Waals surface area contributed by atoms with Gasteiger partial charge in [0.2, 0.25) is 0 Å². The summed E-state index contributed by atoms with van der Waals surface area (Å²) in [6.07, 6.45) is 8.13. The lowest BCUT2D eigenvalue weighted by Crippen LogP contribution is -2.40. The van der Waals surface area contributed by atoms with E-state index in [0.29, 0.717) is 5.41 Å². The molecule has 1 aliphatic carbocycles. The normalized spacial score (nSPS) is 18.8. The van der Waals surface area contributed by atoms with Gasteiger partial charge in [-0.15, -0.1) is 0 Å².